The third-order valence-electron chi connectivity index (χ3n) is 6.57. The van der Waals surface area contributed by atoms with Crippen molar-refractivity contribution in [1.82, 2.24) is 10.9 Å². The number of hydrazine groups is 1. The fourth-order valence-electron chi connectivity index (χ4n) is 5.42. The lowest BCUT2D eigenvalue weighted by molar-refractivity contribution is -0.149. The first-order valence-electron chi connectivity index (χ1n) is 8.23. The minimum atomic E-state index is -1.01. The van der Waals surface area contributed by atoms with Crippen molar-refractivity contribution >= 4 is 35.0 Å². The van der Waals surface area contributed by atoms with Crippen molar-refractivity contribution < 1.29 is 9.59 Å². The molecule has 0 radical (unpaired) electrons. The Morgan fingerprint density at radius 1 is 0.909 bits per heavy atom. The van der Waals surface area contributed by atoms with E-state index < -0.39 is 9.75 Å². The molecule has 4 nitrogen and oxygen atoms in total. The molecule has 2 amide bonds. The van der Waals surface area contributed by atoms with E-state index in [9.17, 15) is 9.59 Å². The van der Waals surface area contributed by atoms with Crippen LogP contribution in [0.5, 0.6) is 0 Å². The Morgan fingerprint density at radius 3 is 1.73 bits per heavy atom. The Bertz CT molecular complexity index is 513. The predicted molar refractivity (Wildman–Crippen MR) is 84.1 cm³/mol. The van der Waals surface area contributed by atoms with Crippen LogP contribution in [0.1, 0.15) is 51.9 Å². The molecular formula is C16H22Cl2N2O2. The van der Waals surface area contributed by atoms with Crippen LogP contribution in [0.3, 0.4) is 0 Å². The van der Waals surface area contributed by atoms with Gasteiger partial charge < -0.3 is 0 Å². The average molecular weight is 345 g/mol. The van der Waals surface area contributed by atoms with Gasteiger partial charge in [-0.2, -0.15) is 0 Å². The van der Waals surface area contributed by atoms with Gasteiger partial charge in [0.05, 0.1) is 10.8 Å². The largest absolute Gasteiger partial charge is 0.273 e. The Morgan fingerprint density at radius 2 is 1.32 bits per heavy atom. The lowest BCUT2D eigenvalue weighted by atomic mass is 9.49. The van der Waals surface area contributed by atoms with Crippen LogP contribution in [0.2, 0.25) is 0 Å². The highest BCUT2D eigenvalue weighted by molar-refractivity contribution is 6.53. The second kappa shape index (κ2) is 4.54. The summed E-state index contributed by atoms with van der Waals surface area (Å²) >= 11 is 12.0. The van der Waals surface area contributed by atoms with Gasteiger partial charge in [0.25, 0.3) is 0 Å². The van der Waals surface area contributed by atoms with E-state index in [1.165, 1.54) is 19.3 Å². The van der Waals surface area contributed by atoms with Crippen molar-refractivity contribution in [2.45, 2.75) is 56.2 Å². The molecule has 22 heavy (non-hydrogen) atoms. The molecule has 0 spiro atoms. The Kier molecular flexibility index (Phi) is 3.11. The zero-order valence-corrected chi connectivity index (χ0v) is 14.3. The summed E-state index contributed by atoms with van der Waals surface area (Å²) in [6.07, 6.45) is 7.23. The van der Waals surface area contributed by atoms with Gasteiger partial charge in [-0.05, 0) is 69.6 Å². The van der Waals surface area contributed by atoms with Gasteiger partial charge in [-0.3, -0.25) is 20.4 Å². The van der Waals surface area contributed by atoms with Crippen molar-refractivity contribution in [3.8, 4) is 0 Å². The van der Waals surface area contributed by atoms with Crippen molar-refractivity contribution in [3.63, 3.8) is 0 Å². The molecule has 4 bridgehead atoms. The second-order valence-corrected chi connectivity index (χ2v) is 9.80. The van der Waals surface area contributed by atoms with Crippen LogP contribution in [0.4, 0.5) is 0 Å². The molecule has 0 saturated heterocycles. The zero-order valence-electron chi connectivity index (χ0n) is 12.8. The van der Waals surface area contributed by atoms with Gasteiger partial charge in [0.15, 0.2) is 0 Å². The molecule has 0 heterocycles. The van der Waals surface area contributed by atoms with E-state index in [-0.39, 0.29) is 17.2 Å². The summed E-state index contributed by atoms with van der Waals surface area (Å²) in [5, 5.41) is 0. The summed E-state index contributed by atoms with van der Waals surface area (Å²) in [5.41, 5.74) is 4.17. The molecule has 122 valence electrons. The van der Waals surface area contributed by atoms with Crippen molar-refractivity contribution in [2.24, 2.45) is 28.6 Å². The standard InChI is InChI=1S/C16H22Cl2N2O2/c1-14(8-16(14,17)18)12(21)19-20-13(22)15-5-9-2-10(6-15)4-11(3-9)7-15/h9-11H,2-8H2,1H3,(H,19,21)(H,20,22)/t9?,10?,11?,14-,15?/m1/s1. The van der Waals surface area contributed by atoms with Crippen LogP contribution >= 0.6 is 23.2 Å². The van der Waals surface area contributed by atoms with Gasteiger partial charge in [0, 0.05) is 0 Å². The first kappa shape index (κ1) is 15.1. The molecule has 5 fully saturated rings. The predicted octanol–water partition coefficient (Wildman–Crippen LogP) is 2.93. The number of hydrogen-bond acceptors (Lipinski definition) is 2. The van der Waals surface area contributed by atoms with Gasteiger partial charge in [0.2, 0.25) is 11.8 Å². The van der Waals surface area contributed by atoms with Crippen LogP contribution in [0.25, 0.3) is 0 Å². The molecule has 0 aromatic rings. The van der Waals surface area contributed by atoms with E-state index in [1.807, 2.05) is 0 Å². The first-order valence-corrected chi connectivity index (χ1v) is 8.98. The highest BCUT2D eigenvalue weighted by atomic mass is 35.5. The van der Waals surface area contributed by atoms with Gasteiger partial charge in [0.1, 0.15) is 4.33 Å². The number of halogens is 2. The third kappa shape index (κ3) is 2.10. The molecule has 5 saturated carbocycles. The van der Waals surface area contributed by atoms with Crippen LogP contribution in [0.15, 0.2) is 0 Å². The molecule has 0 aliphatic heterocycles. The number of carbonyl (C=O) groups excluding carboxylic acids is 2. The summed E-state index contributed by atoms with van der Waals surface area (Å²) in [4.78, 5) is 24.9. The van der Waals surface area contributed by atoms with E-state index >= 15 is 0 Å². The average Bonchev–Trinajstić information content (AvgIpc) is 2.94. The number of hydrogen-bond donors (Lipinski definition) is 2. The van der Waals surface area contributed by atoms with E-state index in [0.717, 1.165) is 19.3 Å². The Balaban J connectivity index is 1.40. The SMILES string of the molecule is C[C@]1(C(=O)NNC(=O)C23CC4CC(CC(C4)C2)C3)CC1(Cl)Cl. The molecule has 2 N–H and O–H groups in total. The maximum Gasteiger partial charge on any atom is 0.247 e. The normalized spacial score (nSPS) is 47.1. The molecule has 6 heteroatoms. The topological polar surface area (TPSA) is 58.2 Å². The summed E-state index contributed by atoms with van der Waals surface area (Å²) in [6.45, 7) is 1.72. The van der Waals surface area contributed by atoms with E-state index in [4.69, 9.17) is 23.2 Å². The second-order valence-electron chi connectivity index (χ2n) is 8.32. The summed E-state index contributed by atoms with van der Waals surface area (Å²) in [6, 6.07) is 0. The first-order chi connectivity index (χ1) is 10.2. The van der Waals surface area contributed by atoms with Crippen LogP contribution in [-0.2, 0) is 9.59 Å². The summed E-state index contributed by atoms with van der Waals surface area (Å²) in [7, 11) is 0. The highest BCUT2D eigenvalue weighted by Gasteiger charge is 2.68. The molecule has 5 aliphatic carbocycles. The zero-order chi connectivity index (χ0) is 15.8. The highest BCUT2D eigenvalue weighted by Crippen LogP contribution is 2.64. The van der Waals surface area contributed by atoms with E-state index in [0.29, 0.717) is 24.2 Å². The molecule has 5 rings (SSSR count). The minimum Gasteiger partial charge on any atom is -0.273 e. The van der Waals surface area contributed by atoms with Gasteiger partial charge in [-0.15, -0.1) is 23.2 Å². The molecule has 0 unspecified atom stereocenters. The van der Waals surface area contributed by atoms with Crippen LogP contribution in [0, 0.1) is 28.6 Å². The molecule has 5 aliphatic rings. The summed E-state index contributed by atoms with van der Waals surface area (Å²) < 4.78 is -1.01. The number of carbonyl (C=O) groups is 2. The molecule has 0 aromatic heterocycles. The number of nitrogens with one attached hydrogen (secondary N) is 2. The fourth-order valence-corrected chi connectivity index (χ4v) is 6.13. The Hall–Kier alpha value is -0.480. The lowest BCUT2D eigenvalue weighted by Gasteiger charge is -2.55. The van der Waals surface area contributed by atoms with Crippen molar-refractivity contribution in [3.05, 3.63) is 0 Å². The van der Waals surface area contributed by atoms with Crippen LogP contribution in [-0.4, -0.2) is 16.1 Å². The Labute approximate surface area is 140 Å². The lowest BCUT2D eigenvalue weighted by Crippen LogP contribution is -2.57. The van der Waals surface area contributed by atoms with Crippen molar-refractivity contribution in [1.29, 1.82) is 0 Å². The third-order valence-corrected chi connectivity index (χ3v) is 7.67. The molecular weight excluding hydrogens is 323 g/mol. The maximum absolute atomic E-state index is 12.7. The fraction of sp³-hybridized carbons (Fsp3) is 0.875. The maximum atomic E-state index is 12.7. The van der Waals surface area contributed by atoms with Crippen LogP contribution < -0.4 is 10.9 Å². The molecule has 0 aromatic carbocycles. The minimum absolute atomic E-state index is 0.0149. The van der Waals surface area contributed by atoms with Crippen molar-refractivity contribution in [2.75, 3.05) is 0 Å². The van der Waals surface area contributed by atoms with Gasteiger partial charge >= 0.3 is 0 Å². The van der Waals surface area contributed by atoms with E-state index in [1.54, 1.807) is 6.92 Å². The number of alkyl halides is 2. The number of rotatable bonds is 2. The van der Waals surface area contributed by atoms with Gasteiger partial charge in [-0.1, -0.05) is 0 Å². The van der Waals surface area contributed by atoms with Gasteiger partial charge in [-0.25, -0.2) is 0 Å². The number of amides is 2. The van der Waals surface area contributed by atoms with E-state index in [2.05, 4.69) is 10.9 Å². The smallest absolute Gasteiger partial charge is 0.247 e. The monoisotopic (exact) mass is 344 g/mol. The quantitative estimate of drug-likeness (QED) is 0.597. The molecule has 1 atom stereocenters. The summed E-state index contributed by atoms with van der Waals surface area (Å²) in [5.74, 6) is 1.79.